The molecule has 0 saturated carbocycles. The molecule has 0 spiro atoms. The molecular weight excluding hydrogens is 1790 g/mol. The van der Waals surface area contributed by atoms with Gasteiger partial charge in [-0.15, -0.1) is 11.8 Å². The van der Waals surface area contributed by atoms with Crippen molar-refractivity contribution in [2.75, 3.05) is 65.5 Å². The summed E-state index contributed by atoms with van der Waals surface area (Å²) < 4.78 is 65.6. The number of likely N-dealkylation sites (N-methyl/N-ethyl adjacent to an activating group) is 3. The first kappa shape index (κ1) is 105. The third-order valence-corrected chi connectivity index (χ3v) is 24.6. The number of unbranched alkanes of at least 4 members (excludes halogenated alkanes) is 1. The normalized spacial score (nSPS) is 23.5. The minimum absolute atomic E-state index is 0.0920. The topological polar surface area (TPSA) is 526 Å². The summed E-state index contributed by atoms with van der Waals surface area (Å²) in [6.07, 6.45) is -2.91. The number of rotatable bonds is 24. The summed E-state index contributed by atoms with van der Waals surface area (Å²) in [6.45, 7) is 6.01. The minimum atomic E-state index is -2.00. The Bertz CT molecular complexity index is 5270. The van der Waals surface area contributed by atoms with Crippen LogP contribution >= 0.6 is 11.8 Å². The van der Waals surface area contributed by atoms with E-state index in [1.54, 1.807) is 81.6 Å². The average Bonchev–Trinajstić information content (AvgIpc) is 1.76. The molecule has 6 aromatic rings. The number of aromatic nitrogens is 1. The number of carboxylic acid groups (broad SMARTS) is 2. The van der Waals surface area contributed by atoms with E-state index in [-0.39, 0.29) is 76.0 Å². The molecule has 135 heavy (non-hydrogen) atoms. The van der Waals surface area contributed by atoms with Gasteiger partial charge in [-0.3, -0.25) is 81.5 Å². The fourth-order valence-corrected chi connectivity index (χ4v) is 17.1. The van der Waals surface area contributed by atoms with Crippen LogP contribution in [0.5, 0.6) is 5.75 Å². The SMILES string of the molecule is CCCC[C@H]1C(=O)N2CCC[C@@H]2C(=O)N[C@@H](CC(=O)O)C(=O)N[C@@H](C(C)C)C(=O)N(C)[C@@H](Cc2ccccc2)C(=O)N[C@@H](CCC(=O)O)C(=O)N2CCOC[C@@H]2C(=O)N[C@@H](Cc2c[nH]c3ccccc23)C(=O)N[C@@H](Cc2ccc(O)cc2)C(=O)N[C@@H](CC(C)C)C(=O)N[C@H](C(=O)NCC(N)=O)CSCC(=O)N[C@@H](Cc2cc(F)c(F)c(F)c2)C(=O)N(C)[C@@H](Cc2ccc(F)cc2)C(=O)N1C. The van der Waals surface area contributed by atoms with Crippen molar-refractivity contribution < 1.29 is 119 Å². The third kappa shape index (κ3) is 29.5. The first-order valence-corrected chi connectivity index (χ1v) is 45.5. The van der Waals surface area contributed by atoms with Gasteiger partial charge < -0.3 is 103 Å². The van der Waals surface area contributed by atoms with Crippen LogP contribution in [0.2, 0.25) is 0 Å². The number of carboxylic acids is 2. The summed E-state index contributed by atoms with van der Waals surface area (Å²) in [5, 5.41) is 54.6. The number of phenols is 1. The zero-order valence-electron chi connectivity index (χ0n) is 76.0. The number of hydrogen-bond acceptors (Lipinski definition) is 20. The predicted octanol–water partition coefficient (Wildman–Crippen LogP) is 2.10. The molecule has 1 aromatic heterocycles. The minimum Gasteiger partial charge on any atom is -0.508 e. The number of hydrogen-bond donors (Lipinski definition) is 14. The van der Waals surface area contributed by atoms with Crippen molar-refractivity contribution >= 4 is 123 Å². The van der Waals surface area contributed by atoms with E-state index in [0.29, 0.717) is 57.9 Å². The molecule has 13 atom stereocenters. The van der Waals surface area contributed by atoms with E-state index in [1.807, 2.05) is 0 Å². The van der Waals surface area contributed by atoms with Gasteiger partial charge in [0.05, 0.1) is 31.9 Å². The van der Waals surface area contributed by atoms with Gasteiger partial charge in [-0.25, -0.2) is 17.6 Å². The van der Waals surface area contributed by atoms with Gasteiger partial charge >= 0.3 is 11.9 Å². The predicted molar refractivity (Wildman–Crippen MR) is 483 cm³/mol. The smallest absolute Gasteiger partial charge is 0.305 e. The quantitative estimate of drug-likeness (QED) is 0.0305. The van der Waals surface area contributed by atoms with Gasteiger partial charge in [0.15, 0.2) is 17.5 Å². The van der Waals surface area contributed by atoms with E-state index in [4.69, 9.17) is 10.5 Å². The maximum Gasteiger partial charge on any atom is 0.305 e. The number of carbonyl (C=O) groups excluding carboxylic acids is 15. The van der Waals surface area contributed by atoms with Gasteiger partial charge in [0.2, 0.25) is 88.6 Å². The highest BCUT2D eigenvalue weighted by Gasteiger charge is 2.47. The Kier molecular flexibility index (Phi) is 38.5. The Morgan fingerprint density at radius 3 is 1.74 bits per heavy atom. The fraction of sp³-hybridized carbons (Fsp3) is 0.473. The van der Waals surface area contributed by atoms with E-state index in [0.717, 1.165) is 43.7 Å². The lowest BCUT2D eigenvalue weighted by molar-refractivity contribution is -0.152. The summed E-state index contributed by atoms with van der Waals surface area (Å²) >= 11 is 0.632. The Balaban J connectivity index is 1.14. The second kappa shape index (κ2) is 49.4. The number of amides is 15. The fourth-order valence-electron chi connectivity index (χ4n) is 16.3. The highest BCUT2D eigenvalue weighted by atomic mass is 32.2. The van der Waals surface area contributed by atoms with Gasteiger partial charge in [-0.1, -0.05) is 120 Å². The molecule has 728 valence electrons. The van der Waals surface area contributed by atoms with Crippen LogP contribution in [0.3, 0.4) is 0 Å². The van der Waals surface area contributed by atoms with Crippen LogP contribution in [-0.2, 0) is 118 Å². The molecule has 4 heterocycles. The van der Waals surface area contributed by atoms with Crippen LogP contribution in [0.4, 0.5) is 17.6 Å². The molecular formula is C93H116F4N16O21S. The number of nitrogens with one attached hydrogen (secondary N) is 10. The number of carbonyl (C=O) groups is 17. The van der Waals surface area contributed by atoms with Crippen LogP contribution < -0.4 is 53.6 Å². The van der Waals surface area contributed by atoms with Crippen molar-refractivity contribution in [1.82, 2.24) is 77.3 Å². The molecule has 0 radical (unpaired) electrons. The van der Waals surface area contributed by atoms with Crippen molar-refractivity contribution in [2.45, 2.75) is 203 Å². The molecule has 15 amide bonds. The number of ether oxygens (including phenoxy) is 1. The van der Waals surface area contributed by atoms with E-state index >= 15 is 56.7 Å². The highest BCUT2D eigenvalue weighted by molar-refractivity contribution is 8.00. The maximum atomic E-state index is 15.7. The van der Waals surface area contributed by atoms with E-state index < -0.39 is 283 Å². The Labute approximate surface area is 780 Å². The third-order valence-electron chi connectivity index (χ3n) is 23.6. The molecule has 15 N–H and O–H groups in total. The molecule has 0 aliphatic carbocycles. The summed E-state index contributed by atoms with van der Waals surface area (Å²) in [7, 11) is 3.55. The number of aliphatic carboxylic acids is 2. The summed E-state index contributed by atoms with van der Waals surface area (Å²) in [5.41, 5.74) is 7.02. The van der Waals surface area contributed by atoms with Crippen LogP contribution in [0.25, 0.3) is 10.9 Å². The summed E-state index contributed by atoms with van der Waals surface area (Å²) in [6, 6.07) is 4.07. The molecule has 9 rings (SSSR count). The lowest BCUT2D eigenvalue weighted by Crippen LogP contribution is -2.64. The zero-order chi connectivity index (χ0) is 98.8. The van der Waals surface area contributed by atoms with Gasteiger partial charge in [0.25, 0.3) is 0 Å². The lowest BCUT2D eigenvalue weighted by atomic mass is 9.98. The maximum absolute atomic E-state index is 15.7. The molecule has 3 aliphatic heterocycles. The number of para-hydroxylation sites is 1. The van der Waals surface area contributed by atoms with Gasteiger partial charge in [-0.05, 0) is 114 Å². The van der Waals surface area contributed by atoms with Crippen LogP contribution in [0.1, 0.15) is 120 Å². The van der Waals surface area contributed by atoms with Crippen molar-refractivity contribution in [1.29, 1.82) is 0 Å². The number of fused-ring (bicyclic) bond motifs is 3. The Morgan fingerprint density at radius 2 is 1.10 bits per heavy atom. The molecule has 5 aromatic carbocycles. The van der Waals surface area contributed by atoms with Gasteiger partial charge in [-0.2, -0.15) is 0 Å². The number of H-pyrrole nitrogens is 1. The summed E-state index contributed by atoms with van der Waals surface area (Å²) in [5.74, 6) is -27.6. The van der Waals surface area contributed by atoms with Crippen LogP contribution in [0, 0.1) is 35.1 Å². The number of primary amides is 1. The number of halogens is 4. The van der Waals surface area contributed by atoms with Crippen LogP contribution in [0.15, 0.2) is 121 Å². The number of morpholine rings is 1. The number of aromatic hydroxyl groups is 1. The summed E-state index contributed by atoms with van der Waals surface area (Å²) in [4.78, 5) is 258. The van der Waals surface area contributed by atoms with E-state index in [1.165, 1.54) is 64.3 Å². The molecule has 0 unspecified atom stereocenters. The largest absolute Gasteiger partial charge is 0.508 e. The number of nitrogens with two attached hydrogens (primary N) is 1. The monoisotopic (exact) mass is 1900 g/mol. The van der Waals surface area contributed by atoms with Crippen molar-refractivity contribution in [3.63, 3.8) is 0 Å². The van der Waals surface area contributed by atoms with Crippen LogP contribution in [-0.4, -0.2) is 289 Å². The lowest BCUT2D eigenvalue weighted by Gasteiger charge is -2.38. The second-order valence-corrected chi connectivity index (χ2v) is 35.5. The molecule has 42 heteroatoms. The zero-order valence-corrected chi connectivity index (χ0v) is 76.8. The van der Waals surface area contributed by atoms with E-state index in [2.05, 4.69) is 52.8 Å². The number of benzene rings is 5. The number of nitrogens with zero attached hydrogens (tertiary/aromatic N) is 5. The number of phenolic OH excluding ortho intramolecular Hbond substituents is 1. The Hall–Kier alpha value is -13.5. The number of aromatic amines is 1. The van der Waals surface area contributed by atoms with Crippen molar-refractivity contribution in [3.05, 3.63) is 173 Å². The Morgan fingerprint density at radius 1 is 0.541 bits per heavy atom. The van der Waals surface area contributed by atoms with Gasteiger partial charge in [0.1, 0.15) is 90.1 Å². The standard InChI is InChI=1S/C93H116F4N16O21S/c1-9-10-21-71-92(132)112-33-16-22-70(112)86(126)106-67(44-78(119)120)85(125)108-80(51(4)5)93(133)110(7)72(41-52-17-12-11-13-18-52)87(127)102-63(31-32-77(117)118)90(130)113-34-35-134-47-74(113)88(128)105-66(43-56-45-99-62-20-15-14-19-59(56)62)84(124)104-65(39-53-25-29-58(114)30-26-53)83(123)103-64(36-50(2)3)82(122)107-69(81(121)100-46-75(98)115)48-135-49-76(116)101-68(40-55-37-60(95)79(97)61(96)38-55)89(129)111(8)73(91(131)109(71)6)42-54-23-27-57(94)28-24-54/h11-15,17-20,23-30,37-38,45,50-51,63-74,80,99,114H,9-10,16,21-22,31-36,39-44,46-49H2,1-8H3,(H2,98,115)(H,100,121)(H,101,116)(H,102,127)(H,103,123)(H,104,124)(H,105,128)(H,106,126)(H,107,122)(H,108,125)(H,117,118)(H,119,120)/t63-,64-,65-,66-,67-,68-,69-,70+,71-,72-,73-,74+,80-/m0/s1. The second-order valence-electron chi connectivity index (χ2n) is 34.5. The molecule has 3 saturated heterocycles. The molecule has 3 fully saturated rings. The average molecular weight is 1900 g/mol. The first-order chi connectivity index (χ1) is 64.1. The highest BCUT2D eigenvalue weighted by Crippen LogP contribution is 2.28. The molecule has 3 aliphatic rings. The number of thioether (sulfide) groups is 1. The van der Waals surface area contributed by atoms with Crippen molar-refractivity contribution in [2.24, 2.45) is 17.6 Å². The van der Waals surface area contributed by atoms with Crippen molar-refractivity contribution in [3.8, 4) is 5.75 Å². The first-order valence-electron chi connectivity index (χ1n) is 44.3. The van der Waals surface area contributed by atoms with Gasteiger partial charge in [0, 0.05) is 95.6 Å². The molecule has 0 bridgehead atoms. The van der Waals surface area contributed by atoms with E-state index in [9.17, 15) is 57.7 Å². The molecule has 37 nitrogen and oxygen atoms in total.